The van der Waals surface area contributed by atoms with Gasteiger partial charge in [-0.05, 0) is 49.1 Å². The Hall–Kier alpha value is -4.01. The highest BCUT2D eigenvalue weighted by Gasteiger charge is 2.23. The van der Waals surface area contributed by atoms with Crippen LogP contribution < -0.4 is 16.2 Å². The summed E-state index contributed by atoms with van der Waals surface area (Å²) in [5.41, 5.74) is 13.1. The van der Waals surface area contributed by atoms with Gasteiger partial charge in [0.1, 0.15) is 16.8 Å². The van der Waals surface area contributed by atoms with Gasteiger partial charge in [0.25, 0.3) is 0 Å². The number of aryl methyl sites for hydroxylation is 1. The Balaban J connectivity index is 1.89. The van der Waals surface area contributed by atoms with Crippen LogP contribution in [0.2, 0.25) is 0 Å². The molecule has 170 valence electrons. The van der Waals surface area contributed by atoms with Crippen molar-refractivity contribution in [2.24, 2.45) is 5.73 Å². The van der Waals surface area contributed by atoms with Crippen molar-refractivity contribution in [3.8, 4) is 29.2 Å². The maximum absolute atomic E-state index is 10.1. The Bertz CT molecular complexity index is 1330. The van der Waals surface area contributed by atoms with E-state index in [2.05, 4.69) is 37.1 Å². The number of fused-ring (bicyclic) bond motifs is 1. The summed E-state index contributed by atoms with van der Waals surface area (Å²) in [4.78, 5) is 13.6. The average molecular weight is 448 g/mol. The molecule has 1 atom stereocenters. The molecule has 0 aliphatic carbocycles. The molecule has 4 aromatic rings. The Morgan fingerprint density at radius 1 is 1.27 bits per heavy atom. The number of imidazole rings is 1. The maximum atomic E-state index is 10.1. The molecule has 11 nitrogen and oxygen atoms in total. The van der Waals surface area contributed by atoms with Gasteiger partial charge in [0.15, 0.2) is 23.4 Å². The summed E-state index contributed by atoms with van der Waals surface area (Å²) < 4.78 is 12.8. The smallest absolute Gasteiger partial charge is 0.217 e. The van der Waals surface area contributed by atoms with Gasteiger partial charge in [0, 0.05) is 25.4 Å². The molecular formula is C22H24N8O3. The third-order valence-electron chi connectivity index (χ3n) is 4.74. The second kappa shape index (κ2) is 8.85. The van der Waals surface area contributed by atoms with Crippen molar-refractivity contribution in [3.05, 3.63) is 41.9 Å². The fraction of sp³-hybridized carbons (Fsp3) is 0.318. The zero-order valence-electron chi connectivity index (χ0n) is 18.5. The van der Waals surface area contributed by atoms with Crippen molar-refractivity contribution in [2.75, 3.05) is 12.3 Å². The van der Waals surface area contributed by atoms with Gasteiger partial charge < -0.3 is 25.9 Å². The quantitative estimate of drug-likeness (QED) is 0.370. The van der Waals surface area contributed by atoms with E-state index in [0.29, 0.717) is 40.5 Å². The molecule has 0 bridgehead atoms. The lowest BCUT2D eigenvalue weighted by molar-refractivity contribution is 0.143. The van der Waals surface area contributed by atoms with Gasteiger partial charge in [-0.25, -0.2) is 14.6 Å². The monoisotopic (exact) mass is 448 g/mol. The maximum Gasteiger partial charge on any atom is 0.217 e. The first-order valence-electron chi connectivity index (χ1n) is 10.3. The molecule has 0 aromatic carbocycles. The van der Waals surface area contributed by atoms with Crippen LogP contribution in [0.4, 0.5) is 5.82 Å². The second-order valence-corrected chi connectivity index (χ2v) is 7.76. The Morgan fingerprint density at radius 2 is 2.09 bits per heavy atom. The van der Waals surface area contributed by atoms with Gasteiger partial charge in [-0.3, -0.25) is 4.98 Å². The first-order chi connectivity index (χ1) is 15.8. The Kier molecular flexibility index (Phi) is 5.95. The molecule has 33 heavy (non-hydrogen) atoms. The molecule has 0 fully saturated rings. The van der Waals surface area contributed by atoms with E-state index >= 15 is 0 Å². The molecule has 0 aliphatic rings. The molecule has 11 heteroatoms. The van der Waals surface area contributed by atoms with E-state index in [1.807, 2.05) is 29.7 Å². The van der Waals surface area contributed by atoms with Crippen LogP contribution in [0.1, 0.15) is 38.3 Å². The standard InChI is InChI=1S/C22H24N8O3/c1-4-30-15-11-17(32-16(12-23)13-7-5-6-10-25-13)26-14(8-9-22(2,3)31)18(15)27-21(30)19-20(24)29-33-28-19/h5-7,10-11,16,31H,4,12,23H2,1-3H3,(H2,24,29). The zero-order valence-corrected chi connectivity index (χ0v) is 18.5. The molecule has 0 amide bonds. The molecule has 4 aromatic heterocycles. The van der Waals surface area contributed by atoms with E-state index in [9.17, 15) is 5.11 Å². The van der Waals surface area contributed by atoms with Gasteiger partial charge in [-0.1, -0.05) is 12.0 Å². The summed E-state index contributed by atoms with van der Waals surface area (Å²) in [5, 5.41) is 17.6. The summed E-state index contributed by atoms with van der Waals surface area (Å²) in [7, 11) is 0. The van der Waals surface area contributed by atoms with Crippen LogP contribution in [0.3, 0.4) is 0 Å². The van der Waals surface area contributed by atoms with Gasteiger partial charge >= 0.3 is 0 Å². The van der Waals surface area contributed by atoms with Crippen LogP contribution in [0.5, 0.6) is 5.88 Å². The van der Waals surface area contributed by atoms with Crippen molar-refractivity contribution in [1.82, 2.24) is 29.8 Å². The number of hydrogen-bond acceptors (Lipinski definition) is 10. The number of hydrogen-bond donors (Lipinski definition) is 3. The number of aromatic nitrogens is 6. The highest BCUT2D eigenvalue weighted by molar-refractivity contribution is 5.86. The normalized spacial score (nSPS) is 12.4. The third-order valence-corrected chi connectivity index (χ3v) is 4.74. The van der Waals surface area contributed by atoms with E-state index in [1.54, 1.807) is 26.1 Å². The minimum atomic E-state index is -1.23. The number of pyridine rings is 2. The summed E-state index contributed by atoms with van der Waals surface area (Å²) in [5.74, 6) is 6.56. The number of ether oxygens (including phenoxy) is 1. The van der Waals surface area contributed by atoms with Crippen LogP contribution in [0.15, 0.2) is 35.1 Å². The fourth-order valence-corrected chi connectivity index (χ4v) is 3.25. The first kappa shape index (κ1) is 22.2. The predicted molar refractivity (Wildman–Crippen MR) is 121 cm³/mol. The molecule has 1 unspecified atom stereocenters. The highest BCUT2D eigenvalue weighted by atomic mass is 16.6. The van der Waals surface area contributed by atoms with E-state index < -0.39 is 11.7 Å². The SMILES string of the molecule is CCn1c(-c2nonc2N)nc2c(C#CC(C)(C)O)nc(OC(CN)c3ccccn3)cc21. The summed E-state index contributed by atoms with van der Waals surface area (Å²) >= 11 is 0. The lowest BCUT2D eigenvalue weighted by Crippen LogP contribution is -2.20. The second-order valence-electron chi connectivity index (χ2n) is 7.76. The van der Waals surface area contributed by atoms with E-state index in [4.69, 9.17) is 20.8 Å². The summed E-state index contributed by atoms with van der Waals surface area (Å²) in [6.07, 6.45) is 1.16. The molecule has 0 aliphatic heterocycles. The predicted octanol–water partition coefficient (Wildman–Crippen LogP) is 1.68. The van der Waals surface area contributed by atoms with E-state index in [0.717, 1.165) is 0 Å². The summed E-state index contributed by atoms with van der Waals surface area (Å²) in [6, 6.07) is 7.26. The number of nitrogens with zero attached hydrogens (tertiary/aromatic N) is 6. The fourth-order valence-electron chi connectivity index (χ4n) is 3.25. The molecule has 0 saturated heterocycles. The molecular weight excluding hydrogens is 424 g/mol. The summed E-state index contributed by atoms with van der Waals surface area (Å²) in [6.45, 7) is 5.86. The van der Waals surface area contributed by atoms with Crippen LogP contribution in [-0.2, 0) is 6.54 Å². The number of nitrogens with two attached hydrogens (primary N) is 2. The number of nitrogen functional groups attached to an aromatic ring is 1. The van der Waals surface area contributed by atoms with Crippen LogP contribution in [-0.4, -0.2) is 47.1 Å². The molecule has 0 spiro atoms. The number of anilines is 1. The average Bonchev–Trinajstić information content (AvgIpc) is 3.38. The molecule has 0 radical (unpaired) electrons. The van der Waals surface area contributed by atoms with Gasteiger partial charge in [-0.15, -0.1) is 0 Å². The van der Waals surface area contributed by atoms with E-state index in [1.165, 1.54) is 0 Å². The highest BCUT2D eigenvalue weighted by Crippen LogP contribution is 2.31. The minimum Gasteiger partial charge on any atom is -0.466 e. The van der Waals surface area contributed by atoms with Crippen molar-refractivity contribution in [1.29, 1.82) is 0 Å². The van der Waals surface area contributed by atoms with Crippen molar-refractivity contribution >= 4 is 16.9 Å². The topological polar surface area (TPSA) is 164 Å². The molecule has 5 N–H and O–H groups in total. The Morgan fingerprint density at radius 3 is 2.70 bits per heavy atom. The van der Waals surface area contributed by atoms with Gasteiger partial charge in [0.2, 0.25) is 5.88 Å². The van der Waals surface area contributed by atoms with Gasteiger partial charge in [-0.2, -0.15) is 0 Å². The number of rotatable bonds is 6. The number of aliphatic hydroxyl groups is 1. The van der Waals surface area contributed by atoms with Crippen LogP contribution >= 0.6 is 0 Å². The molecule has 4 heterocycles. The lowest BCUT2D eigenvalue weighted by Gasteiger charge is -2.16. The van der Waals surface area contributed by atoms with Crippen molar-refractivity contribution in [2.45, 2.75) is 39.0 Å². The lowest BCUT2D eigenvalue weighted by atomic mass is 10.1. The molecule has 4 rings (SSSR count). The third kappa shape index (κ3) is 4.62. The largest absolute Gasteiger partial charge is 0.466 e. The first-order valence-corrected chi connectivity index (χ1v) is 10.3. The van der Waals surface area contributed by atoms with E-state index in [-0.39, 0.29) is 18.2 Å². The van der Waals surface area contributed by atoms with Crippen molar-refractivity contribution in [3.63, 3.8) is 0 Å². The minimum absolute atomic E-state index is 0.118. The van der Waals surface area contributed by atoms with Crippen LogP contribution in [0, 0.1) is 11.8 Å². The van der Waals surface area contributed by atoms with Crippen LogP contribution in [0.25, 0.3) is 22.6 Å². The van der Waals surface area contributed by atoms with Gasteiger partial charge in [0.05, 0.1) is 11.2 Å². The molecule has 0 saturated carbocycles. The van der Waals surface area contributed by atoms with Crippen molar-refractivity contribution < 1.29 is 14.5 Å². The Labute approximate surface area is 189 Å². The zero-order chi connectivity index (χ0) is 23.6.